The van der Waals surface area contributed by atoms with Crippen LogP contribution >= 0.6 is 0 Å². The van der Waals surface area contributed by atoms with Gasteiger partial charge in [-0.3, -0.25) is 0 Å². The van der Waals surface area contributed by atoms with Gasteiger partial charge >= 0.3 is 6.03 Å². The molecule has 6 heteroatoms. The maximum absolute atomic E-state index is 12.2. The second-order valence-corrected chi connectivity index (χ2v) is 6.67. The van der Waals surface area contributed by atoms with Crippen LogP contribution in [0.15, 0.2) is 46.9 Å². The maximum Gasteiger partial charge on any atom is 0.315 e. The molecule has 6 nitrogen and oxygen atoms in total. The average molecular weight is 382 g/mol. The Balaban J connectivity index is 1.56. The summed E-state index contributed by atoms with van der Waals surface area (Å²) in [6.45, 7) is 4.44. The van der Waals surface area contributed by atoms with Crippen molar-refractivity contribution < 1.29 is 18.7 Å². The van der Waals surface area contributed by atoms with Crippen LogP contribution in [0, 0.1) is 6.92 Å². The fourth-order valence-electron chi connectivity index (χ4n) is 3.18. The van der Waals surface area contributed by atoms with E-state index in [4.69, 9.17) is 13.9 Å². The molecule has 0 spiro atoms. The first-order valence-electron chi connectivity index (χ1n) is 9.26. The molecule has 1 heterocycles. The van der Waals surface area contributed by atoms with Crippen molar-refractivity contribution in [2.24, 2.45) is 0 Å². The summed E-state index contributed by atoms with van der Waals surface area (Å²) in [6.07, 6.45) is 0.745. The summed E-state index contributed by atoms with van der Waals surface area (Å²) in [5, 5.41) is 6.81. The zero-order valence-corrected chi connectivity index (χ0v) is 16.7. The average Bonchev–Trinajstić information content (AvgIpc) is 3.04. The number of rotatable bonds is 7. The molecule has 3 aromatic rings. The Kier molecular flexibility index (Phi) is 6.09. The van der Waals surface area contributed by atoms with E-state index in [2.05, 4.69) is 10.6 Å². The van der Waals surface area contributed by atoms with E-state index in [1.54, 1.807) is 14.2 Å². The third kappa shape index (κ3) is 4.39. The van der Waals surface area contributed by atoms with Gasteiger partial charge in [-0.2, -0.15) is 0 Å². The topological polar surface area (TPSA) is 72.7 Å². The summed E-state index contributed by atoms with van der Waals surface area (Å²) in [6, 6.07) is 13.0. The van der Waals surface area contributed by atoms with Gasteiger partial charge in [0.05, 0.1) is 20.3 Å². The number of hydrogen-bond acceptors (Lipinski definition) is 4. The van der Waals surface area contributed by atoms with Crippen molar-refractivity contribution in [2.45, 2.75) is 26.3 Å². The van der Waals surface area contributed by atoms with Crippen molar-refractivity contribution in [3.63, 3.8) is 0 Å². The highest BCUT2D eigenvalue weighted by Gasteiger charge is 2.18. The number of nitrogens with one attached hydrogen (secondary N) is 2. The molecular formula is C22H26N2O4. The summed E-state index contributed by atoms with van der Waals surface area (Å²) < 4.78 is 16.4. The smallest absolute Gasteiger partial charge is 0.315 e. The molecule has 1 unspecified atom stereocenters. The molecular weight excluding hydrogens is 356 g/mol. The minimum Gasteiger partial charge on any atom is -0.497 e. The second kappa shape index (κ2) is 8.69. The van der Waals surface area contributed by atoms with Gasteiger partial charge in [-0.25, -0.2) is 4.79 Å². The van der Waals surface area contributed by atoms with Crippen LogP contribution in [0.2, 0.25) is 0 Å². The van der Waals surface area contributed by atoms with Gasteiger partial charge in [0.2, 0.25) is 0 Å². The molecule has 0 bridgehead atoms. The lowest BCUT2D eigenvalue weighted by atomic mass is 10.1. The lowest BCUT2D eigenvalue weighted by molar-refractivity contribution is 0.236. The zero-order valence-electron chi connectivity index (χ0n) is 16.7. The van der Waals surface area contributed by atoms with Gasteiger partial charge in [-0.1, -0.05) is 12.1 Å². The fourth-order valence-corrected chi connectivity index (χ4v) is 3.18. The Morgan fingerprint density at radius 1 is 1.07 bits per heavy atom. The highest BCUT2D eigenvalue weighted by molar-refractivity contribution is 5.84. The monoisotopic (exact) mass is 382 g/mol. The first-order chi connectivity index (χ1) is 13.5. The molecule has 0 fully saturated rings. The summed E-state index contributed by atoms with van der Waals surface area (Å²) >= 11 is 0. The summed E-state index contributed by atoms with van der Waals surface area (Å²) in [5.41, 5.74) is 2.91. The Hall–Kier alpha value is -3.15. The number of amides is 2. The Bertz CT molecular complexity index is 947. The SMILES string of the molecule is COc1ccc(CCNC(=O)NC(C)c2oc3ccc(OC)cc3c2C)cc1. The highest BCUT2D eigenvalue weighted by Crippen LogP contribution is 2.31. The first-order valence-corrected chi connectivity index (χ1v) is 9.26. The molecule has 1 aromatic heterocycles. The summed E-state index contributed by atoms with van der Waals surface area (Å²) in [7, 11) is 3.28. The number of ether oxygens (including phenoxy) is 2. The Labute approximate surface area is 164 Å². The van der Waals surface area contributed by atoms with E-state index in [1.807, 2.05) is 56.3 Å². The third-order valence-corrected chi connectivity index (χ3v) is 4.78. The Morgan fingerprint density at radius 2 is 1.75 bits per heavy atom. The molecule has 28 heavy (non-hydrogen) atoms. The van der Waals surface area contributed by atoms with Gasteiger partial charge < -0.3 is 24.5 Å². The number of carbonyl (C=O) groups is 1. The van der Waals surface area contributed by atoms with Gasteiger partial charge in [0.1, 0.15) is 22.8 Å². The molecule has 0 saturated heterocycles. The first kappa shape index (κ1) is 19.6. The van der Waals surface area contributed by atoms with E-state index < -0.39 is 0 Å². The van der Waals surface area contributed by atoms with Gasteiger partial charge in [0, 0.05) is 17.5 Å². The lowest BCUT2D eigenvalue weighted by Crippen LogP contribution is -2.38. The molecule has 0 radical (unpaired) electrons. The van der Waals surface area contributed by atoms with E-state index in [0.717, 1.165) is 45.8 Å². The van der Waals surface area contributed by atoms with Gasteiger partial charge in [-0.05, 0) is 56.2 Å². The van der Waals surface area contributed by atoms with E-state index in [0.29, 0.717) is 6.54 Å². The Morgan fingerprint density at radius 3 is 2.43 bits per heavy atom. The number of furan rings is 1. The number of urea groups is 1. The number of methoxy groups -OCH3 is 2. The van der Waals surface area contributed by atoms with Gasteiger partial charge in [-0.15, -0.1) is 0 Å². The predicted molar refractivity (Wildman–Crippen MR) is 109 cm³/mol. The minimum atomic E-state index is -0.251. The molecule has 0 aliphatic heterocycles. The highest BCUT2D eigenvalue weighted by atomic mass is 16.5. The number of benzene rings is 2. The standard InChI is InChI=1S/C22H26N2O4/c1-14-19-13-18(27-4)9-10-20(19)28-21(14)15(2)24-22(25)23-12-11-16-5-7-17(26-3)8-6-16/h5-10,13,15H,11-12H2,1-4H3,(H2,23,24,25). The van der Waals surface area contributed by atoms with Crippen LogP contribution in [0.5, 0.6) is 11.5 Å². The molecule has 0 aliphatic carbocycles. The second-order valence-electron chi connectivity index (χ2n) is 6.67. The van der Waals surface area contributed by atoms with Gasteiger partial charge in [0.25, 0.3) is 0 Å². The van der Waals surface area contributed by atoms with Crippen molar-refractivity contribution in [1.29, 1.82) is 0 Å². The molecule has 148 valence electrons. The summed E-state index contributed by atoms with van der Waals surface area (Å²) in [4.78, 5) is 12.2. The van der Waals surface area contributed by atoms with Crippen LogP contribution in [0.1, 0.15) is 29.9 Å². The molecule has 0 saturated carbocycles. The predicted octanol–water partition coefficient (Wildman–Crippen LogP) is 4.36. The number of fused-ring (bicyclic) bond motifs is 1. The quantitative estimate of drug-likeness (QED) is 0.637. The number of hydrogen-bond donors (Lipinski definition) is 2. The van der Waals surface area contributed by atoms with Crippen molar-refractivity contribution in [2.75, 3.05) is 20.8 Å². The maximum atomic E-state index is 12.2. The van der Waals surface area contributed by atoms with Crippen LogP contribution in [-0.4, -0.2) is 26.8 Å². The fraction of sp³-hybridized carbons (Fsp3) is 0.318. The van der Waals surface area contributed by atoms with E-state index in [-0.39, 0.29) is 12.1 Å². The summed E-state index contributed by atoms with van der Waals surface area (Å²) in [5.74, 6) is 2.34. The van der Waals surface area contributed by atoms with Crippen molar-refractivity contribution in [3.05, 3.63) is 59.4 Å². The van der Waals surface area contributed by atoms with Crippen LogP contribution in [0.4, 0.5) is 4.79 Å². The lowest BCUT2D eigenvalue weighted by Gasteiger charge is -2.13. The molecule has 2 N–H and O–H groups in total. The van der Waals surface area contributed by atoms with Gasteiger partial charge in [0.15, 0.2) is 0 Å². The molecule has 3 rings (SSSR count). The van der Waals surface area contributed by atoms with Crippen molar-refractivity contribution in [1.82, 2.24) is 10.6 Å². The van der Waals surface area contributed by atoms with Crippen LogP contribution in [0.25, 0.3) is 11.0 Å². The van der Waals surface area contributed by atoms with Crippen LogP contribution < -0.4 is 20.1 Å². The third-order valence-electron chi connectivity index (χ3n) is 4.78. The molecule has 2 amide bonds. The molecule has 0 aliphatic rings. The van der Waals surface area contributed by atoms with Crippen LogP contribution in [-0.2, 0) is 6.42 Å². The van der Waals surface area contributed by atoms with Crippen LogP contribution in [0.3, 0.4) is 0 Å². The number of aryl methyl sites for hydroxylation is 1. The number of carbonyl (C=O) groups excluding carboxylic acids is 1. The molecule has 2 aromatic carbocycles. The van der Waals surface area contributed by atoms with E-state index in [1.165, 1.54) is 0 Å². The zero-order chi connectivity index (χ0) is 20.1. The van der Waals surface area contributed by atoms with E-state index >= 15 is 0 Å². The van der Waals surface area contributed by atoms with Crippen molar-refractivity contribution >= 4 is 17.0 Å². The van der Waals surface area contributed by atoms with Crippen molar-refractivity contribution in [3.8, 4) is 11.5 Å². The normalized spacial score (nSPS) is 11.9. The minimum absolute atomic E-state index is 0.224. The largest absolute Gasteiger partial charge is 0.497 e. The van der Waals surface area contributed by atoms with E-state index in [9.17, 15) is 4.79 Å². The molecule has 1 atom stereocenters.